The minimum atomic E-state index is -0.335. The number of rotatable bonds is 2. The number of halogens is 3. The second-order valence-corrected chi connectivity index (χ2v) is 4.67. The van der Waals surface area contributed by atoms with Crippen LogP contribution in [0.5, 0.6) is 0 Å². The molecule has 1 aromatic carbocycles. The highest BCUT2D eigenvalue weighted by molar-refractivity contribution is 9.10. The molecule has 17 heavy (non-hydrogen) atoms. The average molecular weight is 317 g/mol. The minimum Gasteiger partial charge on any atom is -0.340 e. The van der Waals surface area contributed by atoms with Crippen LogP contribution in [0.4, 0.5) is 15.9 Å². The number of nitrogens with zero attached hydrogens (tertiary/aromatic N) is 2. The van der Waals surface area contributed by atoms with Gasteiger partial charge in [0, 0.05) is 11.8 Å². The van der Waals surface area contributed by atoms with Crippen molar-refractivity contribution < 1.29 is 4.39 Å². The lowest BCUT2D eigenvalue weighted by molar-refractivity contribution is 0.621. The Balaban J connectivity index is 2.33. The van der Waals surface area contributed by atoms with E-state index in [-0.39, 0.29) is 5.82 Å². The molecule has 0 atom stereocenters. The molecule has 0 bridgehead atoms. The Hall–Kier alpha value is -1.20. The lowest BCUT2D eigenvalue weighted by Crippen LogP contribution is -1.97. The summed E-state index contributed by atoms with van der Waals surface area (Å²) >= 11 is 8.86. The van der Waals surface area contributed by atoms with Gasteiger partial charge in [-0.15, -0.1) is 0 Å². The summed E-state index contributed by atoms with van der Waals surface area (Å²) in [4.78, 5) is 7.76. The Labute approximate surface area is 111 Å². The van der Waals surface area contributed by atoms with Crippen molar-refractivity contribution in [3.05, 3.63) is 45.5 Å². The summed E-state index contributed by atoms with van der Waals surface area (Å²) in [6.45, 7) is 1.87. The number of aromatic nitrogens is 2. The standard InChI is InChI=1S/C11H8BrClFN3/c1-6-2-7(12)8(14)3-9(6)17-11-4-10(13)15-5-16-11/h2-5H,1H3,(H,15,16,17). The summed E-state index contributed by atoms with van der Waals surface area (Å²) in [7, 11) is 0. The van der Waals surface area contributed by atoms with Crippen LogP contribution in [0.15, 0.2) is 29.0 Å². The molecular formula is C11H8BrClFN3. The molecule has 0 spiro atoms. The lowest BCUT2D eigenvalue weighted by Gasteiger charge is -2.09. The quantitative estimate of drug-likeness (QED) is 0.848. The van der Waals surface area contributed by atoms with Crippen LogP contribution >= 0.6 is 27.5 Å². The van der Waals surface area contributed by atoms with Crippen molar-refractivity contribution in [1.29, 1.82) is 0 Å². The van der Waals surface area contributed by atoms with Gasteiger partial charge >= 0.3 is 0 Å². The summed E-state index contributed by atoms with van der Waals surface area (Å²) in [5, 5.41) is 3.32. The fraction of sp³-hybridized carbons (Fsp3) is 0.0909. The van der Waals surface area contributed by atoms with E-state index in [2.05, 4.69) is 31.2 Å². The Morgan fingerprint density at radius 1 is 1.29 bits per heavy atom. The van der Waals surface area contributed by atoms with E-state index in [1.807, 2.05) is 6.92 Å². The van der Waals surface area contributed by atoms with Crippen LogP contribution in [-0.4, -0.2) is 9.97 Å². The molecule has 0 radical (unpaired) electrons. The maximum Gasteiger partial charge on any atom is 0.139 e. The van der Waals surface area contributed by atoms with Gasteiger partial charge in [-0.2, -0.15) is 0 Å². The molecule has 0 aliphatic heterocycles. The first-order valence-electron chi connectivity index (χ1n) is 4.76. The smallest absolute Gasteiger partial charge is 0.139 e. The summed E-state index contributed by atoms with van der Waals surface area (Å²) in [5.41, 5.74) is 1.54. The second-order valence-electron chi connectivity index (χ2n) is 3.43. The van der Waals surface area contributed by atoms with Crippen molar-refractivity contribution in [3.8, 4) is 0 Å². The summed E-state index contributed by atoms with van der Waals surface area (Å²) in [6, 6.07) is 4.66. The first-order valence-corrected chi connectivity index (χ1v) is 5.93. The number of anilines is 2. The van der Waals surface area contributed by atoms with Crippen molar-refractivity contribution in [1.82, 2.24) is 9.97 Å². The molecule has 88 valence electrons. The molecule has 0 fully saturated rings. The van der Waals surface area contributed by atoms with Gasteiger partial charge < -0.3 is 5.32 Å². The SMILES string of the molecule is Cc1cc(Br)c(F)cc1Nc1cc(Cl)ncn1. The van der Waals surface area contributed by atoms with Crippen LogP contribution in [0.1, 0.15) is 5.56 Å². The van der Waals surface area contributed by atoms with Gasteiger partial charge in [0.25, 0.3) is 0 Å². The van der Waals surface area contributed by atoms with E-state index < -0.39 is 0 Å². The van der Waals surface area contributed by atoms with Gasteiger partial charge in [-0.3, -0.25) is 0 Å². The molecule has 1 aromatic heterocycles. The van der Waals surface area contributed by atoms with E-state index in [9.17, 15) is 4.39 Å². The molecule has 0 aliphatic carbocycles. The molecule has 1 N–H and O–H groups in total. The Bertz CT molecular complexity index is 562. The summed E-state index contributed by atoms with van der Waals surface area (Å²) in [5.74, 6) is 0.188. The van der Waals surface area contributed by atoms with Gasteiger partial charge in [-0.25, -0.2) is 14.4 Å². The third-order valence-corrected chi connectivity index (χ3v) is 2.98. The first kappa shape index (κ1) is 12.3. The second kappa shape index (κ2) is 4.98. The number of nitrogens with one attached hydrogen (secondary N) is 1. The fourth-order valence-electron chi connectivity index (χ4n) is 1.32. The number of hydrogen-bond acceptors (Lipinski definition) is 3. The van der Waals surface area contributed by atoms with Gasteiger partial charge in [0.05, 0.1) is 4.47 Å². The molecule has 0 saturated carbocycles. The van der Waals surface area contributed by atoms with Crippen molar-refractivity contribution in [3.63, 3.8) is 0 Å². The maximum absolute atomic E-state index is 13.4. The molecule has 3 nitrogen and oxygen atoms in total. The molecule has 1 heterocycles. The predicted octanol–water partition coefficient (Wildman–Crippen LogP) is 4.08. The van der Waals surface area contributed by atoms with E-state index in [1.54, 1.807) is 12.1 Å². The molecule has 0 aliphatic rings. The number of aryl methyl sites for hydroxylation is 1. The van der Waals surface area contributed by atoms with Crippen LogP contribution in [0.2, 0.25) is 5.15 Å². The normalized spacial score (nSPS) is 10.4. The molecule has 0 unspecified atom stereocenters. The van der Waals surface area contributed by atoms with Crippen LogP contribution < -0.4 is 5.32 Å². The third kappa shape index (κ3) is 2.92. The topological polar surface area (TPSA) is 37.8 Å². The average Bonchev–Trinajstić information content (AvgIpc) is 2.26. The molecule has 2 rings (SSSR count). The van der Waals surface area contributed by atoms with Crippen LogP contribution in [0.25, 0.3) is 0 Å². The van der Waals surface area contributed by atoms with Gasteiger partial charge in [0.2, 0.25) is 0 Å². The molecule has 0 saturated heterocycles. The molecule has 6 heteroatoms. The molecule has 2 aromatic rings. The Morgan fingerprint density at radius 3 is 2.76 bits per heavy atom. The molecular weight excluding hydrogens is 308 g/mol. The molecule has 0 amide bonds. The fourth-order valence-corrected chi connectivity index (χ4v) is 1.93. The highest BCUT2D eigenvalue weighted by Gasteiger charge is 2.06. The van der Waals surface area contributed by atoms with Crippen molar-refractivity contribution in [2.24, 2.45) is 0 Å². The first-order chi connectivity index (χ1) is 8.06. The van der Waals surface area contributed by atoms with Gasteiger partial charge in [-0.05, 0) is 40.5 Å². The van der Waals surface area contributed by atoms with Gasteiger partial charge in [0.15, 0.2) is 0 Å². The van der Waals surface area contributed by atoms with E-state index in [0.29, 0.717) is 21.1 Å². The predicted molar refractivity (Wildman–Crippen MR) is 69.2 cm³/mol. The largest absolute Gasteiger partial charge is 0.340 e. The monoisotopic (exact) mass is 315 g/mol. The van der Waals surface area contributed by atoms with Crippen LogP contribution in [-0.2, 0) is 0 Å². The summed E-state index contributed by atoms with van der Waals surface area (Å²) < 4.78 is 13.8. The van der Waals surface area contributed by atoms with Gasteiger partial charge in [0.1, 0.15) is 23.1 Å². The zero-order valence-electron chi connectivity index (χ0n) is 8.84. The van der Waals surface area contributed by atoms with Crippen molar-refractivity contribution in [2.75, 3.05) is 5.32 Å². The highest BCUT2D eigenvalue weighted by atomic mass is 79.9. The van der Waals surface area contributed by atoms with Crippen molar-refractivity contribution >= 4 is 39.0 Å². The lowest BCUT2D eigenvalue weighted by atomic mass is 10.2. The number of benzene rings is 1. The van der Waals surface area contributed by atoms with Crippen LogP contribution in [0.3, 0.4) is 0 Å². The zero-order valence-corrected chi connectivity index (χ0v) is 11.2. The summed E-state index contributed by atoms with van der Waals surface area (Å²) in [6.07, 6.45) is 1.34. The van der Waals surface area contributed by atoms with E-state index in [4.69, 9.17) is 11.6 Å². The van der Waals surface area contributed by atoms with E-state index in [1.165, 1.54) is 12.4 Å². The van der Waals surface area contributed by atoms with Crippen molar-refractivity contribution in [2.45, 2.75) is 6.92 Å². The Morgan fingerprint density at radius 2 is 2.06 bits per heavy atom. The zero-order chi connectivity index (χ0) is 12.4. The minimum absolute atomic E-state index is 0.331. The number of hydrogen-bond donors (Lipinski definition) is 1. The van der Waals surface area contributed by atoms with Gasteiger partial charge in [-0.1, -0.05) is 11.6 Å². The van der Waals surface area contributed by atoms with E-state index >= 15 is 0 Å². The van der Waals surface area contributed by atoms with Crippen LogP contribution in [0, 0.1) is 12.7 Å². The maximum atomic E-state index is 13.4. The highest BCUT2D eigenvalue weighted by Crippen LogP contribution is 2.26. The Kier molecular flexibility index (Phi) is 3.59. The third-order valence-electron chi connectivity index (χ3n) is 2.16. The van der Waals surface area contributed by atoms with E-state index in [0.717, 1.165) is 5.56 Å².